The predicted molar refractivity (Wildman–Crippen MR) is 133 cm³/mol. The van der Waals surface area contributed by atoms with Crippen molar-refractivity contribution in [3.63, 3.8) is 0 Å². The van der Waals surface area contributed by atoms with Gasteiger partial charge in [-0.2, -0.15) is 0 Å². The molecule has 1 amide bonds. The van der Waals surface area contributed by atoms with Crippen LogP contribution in [0, 0.1) is 5.41 Å². The van der Waals surface area contributed by atoms with Gasteiger partial charge in [0.25, 0.3) is 5.56 Å². The Hall–Kier alpha value is -2.62. The van der Waals surface area contributed by atoms with Crippen LogP contribution in [-0.2, 0) is 11.3 Å². The van der Waals surface area contributed by atoms with Gasteiger partial charge in [-0.1, -0.05) is 44.0 Å². The smallest absolute Gasteiger partial charge is 0.405 e. The standard InChI is InChI=1S/C24H29Cl2N5O4/c1-3-10-24(2,19(28-23(33)34)15-4-6-17(25)7-5-15)14-30-21(32)18-13-27-20(31(18)29-22(30)26)16-8-11-35-12-9-16/h4-7,13,16,19,28H,3,8-12,14H2,1-2H3,(H,33,34)/t19-,24?/m1/s1. The molecule has 0 aliphatic carbocycles. The molecule has 9 nitrogen and oxygen atoms in total. The normalized spacial score (nSPS) is 17.3. The third-order valence-electron chi connectivity index (χ3n) is 6.73. The summed E-state index contributed by atoms with van der Waals surface area (Å²) in [7, 11) is 0. The van der Waals surface area contributed by atoms with Gasteiger partial charge >= 0.3 is 6.09 Å². The highest BCUT2D eigenvalue weighted by atomic mass is 35.5. The third kappa shape index (κ3) is 5.32. The summed E-state index contributed by atoms with van der Waals surface area (Å²) >= 11 is 12.6. The third-order valence-corrected chi connectivity index (χ3v) is 7.26. The van der Waals surface area contributed by atoms with Gasteiger partial charge in [0.2, 0.25) is 5.28 Å². The number of amides is 1. The van der Waals surface area contributed by atoms with E-state index in [4.69, 9.17) is 27.9 Å². The van der Waals surface area contributed by atoms with Gasteiger partial charge in [-0.3, -0.25) is 9.36 Å². The molecule has 2 N–H and O–H groups in total. The molecule has 188 valence electrons. The van der Waals surface area contributed by atoms with Crippen molar-refractivity contribution in [1.29, 1.82) is 0 Å². The number of aromatic nitrogens is 4. The Labute approximate surface area is 213 Å². The molecule has 1 fully saturated rings. The number of imidazole rings is 1. The summed E-state index contributed by atoms with van der Waals surface area (Å²) in [5, 5.41) is 17.3. The molecule has 1 aromatic carbocycles. The van der Waals surface area contributed by atoms with Gasteiger partial charge < -0.3 is 15.2 Å². The van der Waals surface area contributed by atoms with Crippen molar-refractivity contribution in [2.45, 2.75) is 58.0 Å². The Kier molecular flexibility index (Phi) is 7.68. The molecule has 11 heteroatoms. The first kappa shape index (κ1) is 25.5. The maximum Gasteiger partial charge on any atom is 0.405 e. The number of ether oxygens (including phenoxy) is 1. The number of hydrogen-bond acceptors (Lipinski definition) is 5. The van der Waals surface area contributed by atoms with Gasteiger partial charge in [0.05, 0.1) is 12.2 Å². The quantitative estimate of drug-likeness (QED) is 0.435. The van der Waals surface area contributed by atoms with Crippen molar-refractivity contribution in [3.8, 4) is 0 Å². The van der Waals surface area contributed by atoms with Crippen LogP contribution in [-0.4, -0.2) is 43.6 Å². The summed E-state index contributed by atoms with van der Waals surface area (Å²) in [5.74, 6) is 0.849. The van der Waals surface area contributed by atoms with Crippen LogP contribution in [0.1, 0.15) is 62.9 Å². The number of nitrogens with one attached hydrogen (secondary N) is 1. The maximum absolute atomic E-state index is 13.6. The van der Waals surface area contributed by atoms with Crippen molar-refractivity contribution in [3.05, 3.63) is 62.5 Å². The van der Waals surface area contributed by atoms with Crippen molar-refractivity contribution in [1.82, 2.24) is 24.5 Å². The Morgan fingerprint density at radius 3 is 2.60 bits per heavy atom. The minimum atomic E-state index is -1.16. The predicted octanol–water partition coefficient (Wildman–Crippen LogP) is 4.91. The van der Waals surface area contributed by atoms with Crippen molar-refractivity contribution >= 4 is 34.8 Å². The minimum absolute atomic E-state index is 0.0290. The summed E-state index contributed by atoms with van der Waals surface area (Å²) in [4.78, 5) is 29.8. The average molecular weight is 522 g/mol. The lowest BCUT2D eigenvalue weighted by Gasteiger charge is -2.38. The summed E-state index contributed by atoms with van der Waals surface area (Å²) in [6.07, 6.45) is 3.39. The molecule has 4 rings (SSSR count). The maximum atomic E-state index is 13.6. The molecule has 2 atom stereocenters. The van der Waals surface area contributed by atoms with Crippen LogP contribution in [0.15, 0.2) is 35.3 Å². The van der Waals surface area contributed by atoms with Crippen LogP contribution in [0.2, 0.25) is 10.3 Å². The van der Waals surface area contributed by atoms with E-state index < -0.39 is 17.6 Å². The zero-order valence-electron chi connectivity index (χ0n) is 19.7. The first-order valence-electron chi connectivity index (χ1n) is 11.7. The number of fused-ring (bicyclic) bond motifs is 1. The average Bonchev–Trinajstić information content (AvgIpc) is 3.25. The van der Waals surface area contributed by atoms with Crippen molar-refractivity contribution in [2.24, 2.45) is 5.41 Å². The number of halogens is 2. The molecule has 3 heterocycles. The van der Waals surface area contributed by atoms with Crippen LogP contribution < -0.4 is 10.9 Å². The summed E-state index contributed by atoms with van der Waals surface area (Å²) < 4.78 is 8.40. The van der Waals surface area contributed by atoms with E-state index in [1.807, 2.05) is 13.8 Å². The second kappa shape index (κ2) is 10.6. The molecular weight excluding hydrogens is 493 g/mol. The fraction of sp³-hybridized carbons (Fsp3) is 0.500. The van der Waals surface area contributed by atoms with Gasteiger partial charge in [0.15, 0.2) is 5.52 Å². The monoisotopic (exact) mass is 521 g/mol. The molecule has 1 aliphatic rings. The number of rotatable bonds is 8. The molecule has 1 unspecified atom stereocenters. The number of hydrogen-bond donors (Lipinski definition) is 2. The highest BCUT2D eigenvalue weighted by Gasteiger charge is 2.37. The van der Waals surface area contributed by atoms with Gasteiger partial charge in [0, 0.05) is 36.1 Å². The van der Waals surface area contributed by atoms with E-state index in [1.165, 1.54) is 10.8 Å². The van der Waals surface area contributed by atoms with Crippen LogP contribution in [0.25, 0.3) is 5.52 Å². The number of carboxylic acid groups (broad SMARTS) is 1. The number of nitrogens with zero attached hydrogens (tertiary/aromatic N) is 4. The highest BCUT2D eigenvalue weighted by molar-refractivity contribution is 6.30. The van der Waals surface area contributed by atoms with E-state index in [-0.39, 0.29) is 23.3 Å². The zero-order valence-corrected chi connectivity index (χ0v) is 21.2. The van der Waals surface area contributed by atoms with E-state index in [0.29, 0.717) is 36.0 Å². The van der Waals surface area contributed by atoms with Gasteiger partial charge in [0.1, 0.15) is 5.82 Å². The molecule has 35 heavy (non-hydrogen) atoms. The molecule has 0 bridgehead atoms. The molecule has 2 aromatic heterocycles. The summed E-state index contributed by atoms with van der Waals surface area (Å²) in [6, 6.07) is 6.41. The number of carbonyl (C=O) groups is 1. The first-order valence-corrected chi connectivity index (χ1v) is 12.5. The van der Waals surface area contributed by atoms with Gasteiger partial charge in [-0.15, -0.1) is 5.10 Å². The van der Waals surface area contributed by atoms with Crippen molar-refractivity contribution < 1.29 is 14.6 Å². The summed E-state index contributed by atoms with van der Waals surface area (Å²) in [6.45, 7) is 5.40. The lowest BCUT2D eigenvalue weighted by molar-refractivity contribution is 0.0832. The second-order valence-corrected chi connectivity index (χ2v) is 10.1. The second-order valence-electron chi connectivity index (χ2n) is 9.30. The largest absolute Gasteiger partial charge is 0.465 e. The van der Waals surface area contributed by atoms with Crippen LogP contribution in [0.4, 0.5) is 4.79 Å². The zero-order chi connectivity index (χ0) is 25.2. The Morgan fingerprint density at radius 1 is 1.29 bits per heavy atom. The Morgan fingerprint density at radius 2 is 1.97 bits per heavy atom. The Bertz CT molecular complexity index is 1250. The molecular formula is C24H29Cl2N5O4. The molecule has 0 radical (unpaired) electrons. The molecule has 0 saturated carbocycles. The fourth-order valence-corrected chi connectivity index (χ4v) is 5.36. The van der Waals surface area contributed by atoms with Crippen LogP contribution >= 0.6 is 23.2 Å². The SMILES string of the molecule is CCCC(C)(Cn1c(Cl)nn2c(C3CCOCC3)ncc2c1=O)[C@H](NC(=O)O)c1ccc(Cl)cc1. The van der Waals surface area contributed by atoms with E-state index in [0.717, 1.165) is 24.8 Å². The van der Waals surface area contributed by atoms with E-state index in [1.54, 1.807) is 28.8 Å². The molecule has 0 spiro atoms. The van der Waals surface area contributed by atoms with Crippen molar-refractivity contribution in [2.75, 3.05) is 13.2 Å². The van der Waals surface area contributed by atoms with Gasteiger partial charge in [-0.05, 0) is 48.6 Å². The fourth-order valence-electron chi connectivity index (χ4n) is 5.03. The first-order chi connectivity index (χ1) is 16.7. The topological polar surface area (TPSA) is 111 Å². The van der Waals surface area contributed by atoms with E-state index >= 15 is 0 Å². The minimum Gasteiger partial charge on any atom is -0.465 e. The molecule has 3 aromatic rings. The summed E-state index contributed by atoms with van der Waals surface area (Å²) in [5.41, 5.74) is 0.0716. The lowest BCUT2D eigenvalue weighted by atomic mass is 9.75. The van der Waals surface area contributed by atoms with E-state index in [9.17, 15) is 14.7 Å². The molecule has 1 aliphatic heterocycles. The number of benzene rings is 1. The van der Waals surface area contributed by atoms with Crippen LogP contribution in [0.5, 0.6) is 0 Å². The van der Waals surface area contributed by atoms with Gasteiger partial charge in [-0.25, -0.2) is 14.3 Å². The molecule has 1 saturated heterocycles. The Balaban J connectivity index is 1.76. The van der Waals surface area contributed by atoms with E-state index in [2.05, 4.69) is 15.4 Å². The van der Waals surface area contributed by atoms with Crippen LogP contribution in [0.3, 0.4) is 0 Å². The highest BCUT2D eigenvalue weighted by Crippen LogP contribution is 2.40. The lowest BCUT2D eigenvalue weighted by Crippen LogP contribution is -2.43.